The van der Waals surface area contributed by atoms with E-state index < -0.39 is 11.9 Å². The SMILES string of the molecule is CC(=O)Nc1ccc(C(=O)[C@@H](C)CC(=O)O)cc1. The van der Waals surface area contributed by atoms with Crippen LogP contribution in [0.2, 0.25) is 0 Å². The molecular weight excluding hydrogens is 234 g/mol. The Morgan fingerprint density at radius 3 is 2.22 bits per heavy atom. The van der Waals surface area contributed by atoms with Crippen LogP contribution in [0.15, 0.2) is 24.3 Å². The second kappa shape index (κ2) is 5.95. The smallest absolute Gasteiger partial charge is 0.304 e. The van der Waals surface area contributed by atoms with Crippen LogP contribution < -0.4 is 5.32 Å². The van der Waals surface area contributed by atoms with E-state index in [2.05, 4.69) is 5.32 Å². The summed E-state index contributed by atoms with van der Waals surface area (Å²) in [4.78, 5) is 33.2. The number of anilines is 1. The van der Waals surface area contributed by atoms with Gasteiger partial charge in [0.2, 0.25) is 5.91 Å². The number of benzene rings is 1. The van der Waals surface area contributed by atoms with Gasteiger partial charge in [-0.3, -0.25) is 14.4 Å². The maximum absolute atomic E-state index is 11.9. The number of nitrogens with one attached hydrogen (secondary N) is 1. The van der Waals surface area contributed by atoms with E-state index in [-0.39, 0.29) is 18.1 Å². The molecule has 0 saturated heterocycles. The first-order chi connectivity index (χ1) is 8.40. The molecule has 0 saturated carbocycles. The zero-order valence-corrected chi connectivity index (χ0v) is 10.3. The Hall–Kier alpha value is -2.17. The lowest BCUT2D eigenvalue weighted by molar-refractivity contribution is -0.137. The summed E-state index contributed by atoms with van der Waals surface area (Å²) in [5.41, 5.74) is 1.04. The Kier molecular flexibility index (Phi) is 4.59. The van der Waals surface area contributed by atoms with Crippen LogP contribution in [0.1, 0.15) is 30.6 Å². The zero-order valence-electron chi connectivity index (χ0n) is 10.3. The third kappa shape index (κ3) is 4.01. The van der Waals surface area contributed by atoms with Crippen molar-refractivity contribution in [3.05, 3.63) is 29.8 Å². The van der Waals surface area contributed by atoms with Crippen molar-refractivity contribution >= 4 is 23.3 Å². The molecule has 0 spiro atoms. The number of rotatable bonds is 5. The van der Waals surface area contributed by atoms with Crippen LogP contribution in [-0.2, 0) is 9.59 Å². The minimum absolute atomic E-state index is 0.187. The molecule has 0 aromatic heterocycles. The Bertz CT molecular complexity index is 464. The minimum Gasteiger partial charge on any atom is -0.481 e. The van der Waals surface area contributed by atoms with E-state index in [4.69, 9.17) is 5.11 Å². The lowest BCUT2D eigenvalue weighted by Crippen LogP contribution is -2.15. The summed E-state index contributed by atoms with van der Waals surface area (Å²) < 4.78 is 0. The number of hydrogen-bond acceptors (Lipinski definition) is 3. The van der Waals surface area contributed by atoms with E-state index in [0.717, 1.165) is 0 Å². The van der Waals surface area contributed by atoms with Crippen LogP contribution in [-0.4, -0.2) is 22.8 Å². The molecular formula is C13H15NO4. The fourth-order valence-electron chi connectivity index (χ4n) is 1.56. The second-order valence-corrected chi connectivity index (χ2v) is 4.12. The third-order valence-corrected chi connectivity index (χ3v) is 2.42. The zero-order chi connectivity index (χ0) is 13.7. The topological polar surface area (TPSA) is 83.5 Å². The van der Waals surface area contributed by atoms with E-state index in [1.54, 1.807) is 31.2 Å². The molecule has 0 fully saturated rings. The first-order valence-corrected chi connectivity index (χ1v) is 5.54. The molecule has 0 bridgehead atoms. The Labute approximate surface area is 105 Å². The third-order valence-electron chi connectivity index (χ3n) is 2.42. The highest BCUT2D eigenvalue weighted by atomic mass is 16.4. The summed E-state index contributed by atoms with van der Waals surface area (Å²) in [5, 5.41) is 11.2. The first-order valence-electron chi connectivity index (χ1n) is 5.54. The lowest BCUT2D eigenvalue weighted by Gasteiger charge is -2.08. The van der Waals surface area contributed by atoms with E-state index in [0.29, 0.717) is 11.3 Å². The van der Waals surface area contributed by atoms with Gasteiger partial charge in [-0.1, -0.05) is 6.92 Å². The maximum atomic E-state index is 11.9. The molecule has 0 radical (unpaired) electrons. The van der Waals surface area contributed by atoms with Gasteiger partial charge in [-0.25, -0.2) is 0 Å². The highest BCUT2D eigenvalue weighted by Gasteiger charge is 2.17. The second-order valence-electron chi connectivity index (χ2n) is 4.12. The van der Waals surface area contributed by atoms with Gasteiger partial charge in [-0.15, -0.1) is 0 Å². The van der Waals surface area contributed by atoms with Gasteiger partial charge in [0.25, 0.3) is 0 Å². The van der Waals surface area contributed by atoms with Crippen molar-refractivity contribution in [3.8, 4) is 0 Å². The summed E-state index contributed by atoms with van der Waals surface area (Å²) >= 11 is 0. The number of amides is 1. The molecule has 1 aromatic rings. The number of Topliss-reactive ketones (excluding diaryl/α,β-unsaturated/α-hetero) is 1. The van der Waals surface area contributed by atoms with Gasteiger partial charge in [0.15, 0.2) is 5.78 Å². The standard InChI is InChI=1S/C13H15NO4/c1-8(7-12(16)17)13(18)10-3-5-11(6-4-10)14-9(2)15/h3-6,8H,7H2,1-2H3,(H,14,15)(H,16,17)/t8-/m0/s1. The van der Waals surface area contributed by atoms with E-state index in [9.17, 15) is 14.4 Å². The quantitative estimate of drug-likeness (QED) is 0.781. The predicted octanol–water partition coefficient (Wildman–Crippen LogP) is 1.94. The number of aliphatic carboxylic acids is 1. The summed E-state index contributed by atoms with van der Waals surface area (Å²) in [6.45, 7) is 2.98. The number of carboxylic acid groups (broad SMARTS) is 1. The van der Waals surface area contributed by atoms with Gasteiger partial charge in [0.05, 0.1) is 6.42 Å². The van der Waals surface area contributed by atoms with Crippen molar-refractivity contribution in [1.82, 2.24) is 0 Å². The fraction of sp³-hybridized carbons (Fsp3) is 0.308. The fourth-order valence-corrected chi connectivity index (χ4v) is 1.56. The molecule has 18 heavy (non-hydrogen) atoms. The average Bonchev–Trinajstić information content (AvgIpc) is 2.27. The van der Waals surface area contributed by atoms with Crippen molar-refractivity contribution in [1.29, 1.82) is 0 Å². The number of ketones is 1. The van der Waals surface area contributed by atoms with Gasteiger partial charge in [0.1, 0.15) is 0 Å². The Morgan fingerprint density at radius 1 is 1.22 bits per heavy atom. The lowest BCUT2D eigenvalue weighted by atomic mass is 9.96. The van der Waals surface area contributed by atoms with Crippen LogP contribution in [0.3, 0.4) is 0 Å². The molecule has 96 valence electrons. The molecule has 1 amide bonds. The number of hydrogen-bond donors (Lipinski definition) is 2. The van der Waals surface area contributed by atoms with Crippen LogP contribution in [0.4, 0.5) is 5.69 Å². The van der Waals surface area contributed by atoms with Crippen molar-refractivity contribution in [2.24, 2.45) is 5.92 Å². The van der Waals surface area contributed by atoms with Crippen molar-refractivity contribution < 1.29 is 19.5 Å². The highest BCUT2D eigenvalue weighted by Crippen LogP contribution is 2.15. The van der Waals surface area contributed by atoms with Gasteiger partial charge in [-0.05, 0) is 24.3 Å². The summed E-state index contributed by atoms with van der Waals surface area (Å²) in [6, 6.07) is 6.38. The summed E-state index contributed by atoms with van der Waals surface area (Å²) in [6.07, 6.45) is -0.188. The van der Waals surface area contributed by atoms with Crippen LogP contribution in [0, 0.1) is 5.92 Å². The molecule has 0 aliphatic heterocycles. The van der Waals surface area contributed by atoms with E-state index in [1.165, 1.54) is 6.92 Å². The largest absolute Gasteiger partial charge is 0.481 e. The minimum atomic E-state index is -0.995. The van der Waals surface area contributed by atoms with Crippen LogP contribution in [0.25, 0.3) is 0 Å². The average molecular weight is 249 g/mol. The molecule has 5 nitrogen and oxygen atoms in total. The van der Waals surface area contributed by atoms with E-state index in [1.807, 2.05) is 0 Å². The number of carbonyl (C=O) groups is 3. The normalized spacial score (nSPS) is 11.7. The number of carboxylic acids is 1. The Morgan fingerprint density at radius 2 is 1.78 bits per heavy atom. The highest BCUT2D eigenvalue weighted by molar-refractivity contribution is 5.99. The maximum Gasteiger partial charge on any atom is 0.304 e. The van der Waals surface area contributed by atoms with Crippen molar-refractivity contribution in [2.45, 2.75) is 20.3 Å². The molecule has 1 atom stereocenters. The van der Waals surface area contributed by atoms with Crippen LogP contribution >= 0.6 is 0 Å². The van der Waals surface area contributed by atoms with Crippen molar-refractivity contribution in [3.63, 3.8) is 0 Å². The molecule has 0 unspecified atom stereocenters. The predicted molar refractivity (Wildman–Crippen MR) is 66.5 cm³/mol. The van der Waals surface area contributed by atoms with Crippen molar-refractivity contribution in [2.75, 3.05) is 5.32 Å². The van der Waals surface area contributed by atoms with Gasteiger partial charge in [0, 0.05) is 24.1 Å². The molecule has 1 rings (SSSR count). The van der Waals surface area contributed by atoms with Gasteiger partial charge >= 0.3 is 5.97 Å². The van der Waals surface area contributed by atoms with Gasteiger partial charge < -0.3 is 10.4 Å². The summed E-state index contributed by atoms with van der Waals surface area (Å²) in [7, 11) is 0. The van der Waals surface area contributed by atoms with E-state index >= 15 is 0 Å². The molecule has 2 N–H and O–H groups in total. The molecule has 0 aliphatic rings. The van der Waals surface area contributed by atoms with Gasteiger partial charge in [-0.2, -0.15) is 0 Å². The molecule has 0 aliphatic carbocycles. The monoisotopic (exact) mass is 249 g/mol. The molecule has 1 aromatic carbocycles. The molecule has 5 heteroatoms. The Balaban J connectivity index is 2.75. The summed E-state index contributed by atoms with van der Waals surface area (Å²) in [5.74, 6) is -1.96. The molecule has 0 heterocycles. The number of carbonyl (C=O) groups excluding carboxylic acids is 2. The van der Waals surface area contributed by atoms with Crippen LogP contribution in [0.5, 0.6) is 0 Å². The first kappa shape index (κ1) is 13.9.